The Morgan fingerprint density at radius 2 is 1.80 bits per heavy atom. The van der Waals surface area contributed by atoms with Crippen molar-refractivity contribution in [2.75, 3.05) is 44.8 Å². The Kier molecular flexibility index (Phi) is 8.38. The van der Waals surface area contributed by atoms with Crippen LogP contribution in [-0.2, 0) is 16.0 Å². The smallest absolute Gasteiger partial charge is 0.329 e. The number of amides is 2. The van der Waals surface area contributed by atoms with Crippen LogP contribution in [0.4, 0.5) is 10.6 Å². The first-order valence-corrected chi connectivity index (χ1v) is 13.4. The molecule has 0 aliphatic carbocycles. The van der Waals surface area contributed by atoms with Crippen LogP contribution in [0.1, 0.15) is 18.9 Å². The average Bonchev–Trinajstić information content (AvgIpc) is 3.33. The van der Waals surface area contributed by atoms with Crippen molar-refractivity contribution in [2.24, 2.45) is 0 Å². The van der Waals surface area contributed by atoms with Gasteiger partial charge in [-0.05, 0) is 36.6 Å². The van der Waals surface area contributed by atoms with E-state index < -0.39 is 12.0 Å². The number of rotatable bonds is 8. The highest BCUT2D eigenvalue weighted by molar-refractivity contribution is 5.84. The molecule has 0 bridgehead atoms. The van der Waals surface area contributed by atoms with Gasteiger partial charge in [-0.1, -0.05) is 42.5 Å². The molecule has 1 unspecified atom stereocenters. The Balaban J connectivity index is 1.34. The summed E-state index contributed by atoms with van der Waals surface area (Å²) in [6.07, 6.45) is 4.39. The van der Waals surface area contributed by atoms with Crippen LogP contribution in [0.25, 0.3) is 16.9 Å². The molecule has 0 spiro atoms. The number of anilines is 1. The number of carbonyl (C=O) groups excluding carboxylic acids is 2. The quantitative estimate of drug-likeness (QED) is 0.337. The first kappa shape index (κ1) is 26.9. The minimum Gasteiger partial charge on any atom is -0.497 e. The number of fused-ring (bicyclic) bond motifs is 1. The highest BCUT2D eigenvalue weighted by Crippen LogP contribution is 2.32. The van der Waals surface area contributed by atoms with E-state index in [4.69, 9.17) is 9.47 Å². The number of hydrogen-bond donors (Lipinski definition) is 1. The van der Waals surface area contributed by atoms with Gasteiger partial charge in [0.05, 0.1) is 13.7 Å². The van der Waals surface area contributed by atoms with E-state index in [1.54, 1.807) is 23.4 Å². The van der Waals surface area contributed by atoms with Gasteiger partial charge < -0.3 is 24.6 Å². The number of hydrogen-bond acceptors (Lipinski definition) is 8. The van der Waals surface area contributed by atoms with Crippen molar-refractivity contribution in [1.82, 2.24) is 29.8 Å². The van der Waals surface area contributed by atoms with E-state index in [0.29, 0.717) is 38.4 Å². The van der Waals surface area contributed by atoms with Crippen LogP contribution in [0.2, 0.25) is 0 Å². The minimum absolute atomic E-state index is 0.248. The standard InChI is InChI=1S/C29H33N7O4/c1-3-40-27(37)25(18-21-8-5-4-6-9-21)33-29(38)35-15-7-14-34(16-17-35)26-24(19-30-28-31-20-32-36(26)28)22-10-12-23(39-2)13-11-22/h4-6,8-13,19-20,25H,3,7,14-18H2,1-2H3,(H,33,38). The molecule has 5 rings (SSSR count). The molecule has 208 valence electrons. The second-order valence-corrected chi connectivity index (χ2v) is 9.47. The number of urea groups is 1. The van der Waals surface area contributed by atoms with E-state index in [-0.39, 0.29) is 12.6 Å². The number of carbonyl (C=O) groups is 2. The highest BCUT2D eigenvalue weighted by atomic mass is 16.5. The van der Waals surface area contributed by atoms with Crippen molar-refractivity contribution >= 4 is 23.6 Å². The van der Waals surface area contributed by atoms with Crippen LogP contribution in [0.5, 0.6) is 5.75 Å². The lowest BCUT2D eigenvalue weighted by molar-refractivity contribution is -0.145. The Hall–Kier alpha value is -4.67. The maximum absolute atomic E-state index is 13.4. The van der Waals surface area contributed by atoms with Crippen molar-refractivity contribution in [2.45, 2.75) is 25.8 Å². The summed E-state index contributed by atoms with van der Waals surface area (Å²) in [6.45, 7) is 4.29. The fourth-order valence-corrected chi connectivity index (χ4v) is 4.90. The summed E-state index contributed by atoms with van der Waals surface area (Å²) in [5, 5.41) is 7.37. The van der Waals surface area contributed by atoms with Gasteiger partial charge in [-0.3, -0.25) is 0 Å². The third-order valence-electron chi connectivity index (χ3n) is 6.92. The summed E-state index contributed by atoms with van der Waals surface area (Å²) in [6, 6.07) is 16.3. The number of ether oxygens (including phenoxy) is 2. The highest BCUT2D eigenvalue weighted by Gasteiger charge is 2.28. The van der Waals surface area contributed by atoms with Crippen LogP contribution in [0.3, 0.4) is 0 Å². The largest absolute Gasteiger partial charge is 0.497 e. The lowest BCUT2D eigenvalue weighted by Gasteiger charge is -2.27. The number of nitrogens with zero attached hydrogens (tertiary/aromatic N) is 6. The summed E-state index contributed by atoms with van der Waals surface area (Å²) in [4.78, 5) is 38.8. The maximum Gasteiger partial charge on any atom is 0.329 e. The molecule has 11 heteroatoms. The molecule has 4 aromatic rings. The molecule has 1 saturated heterocycles. The van der Waals surface area contributed by atoms with Crippen LogP contribution in [0.15, 0.2) is 67.1 Å². The first-order valence-electron chi connectivity index (χ1n) is 13.4. The molecule has 2 amide bonds. The Morgan fingerprint density at radius 3 is 2.55 bits per heavy atom. The van der Waals surface area contributed by atoms with E-state index in [0.717, 1.165) is 34.7 Å². The number of benzene rings is 2. The second-order valence-electron chi connectivity index (χ2n) is 9.47. The van der Waals surface area contributed by atoms with Gasteiger partial charge in [0.1, 0.15) is 23.9 Å². The zero-order valence-corrected chi connectivity index (χ0v) is 22.7. The van der Waals surface area contributed by atoms with E-state index >= 15 is 0 Å². The summed E-state index contributed by atoms with van der Waals surface area (Å²) >= 11 is 0. The molecule has 1 aliphatic heterocycles. The molecule has 0 radical (unpaired) electrons. The lowest BCUT2D eigenvalue weighted by Crippen LogP contribution is -2.50. The second kappa shape index (κ2) is 12.5. The molecule has 2 aromatic carbocycles. The van der Waals surface area contributed by atoms with Gasteiger partial charge in [0.2, 0.25) is 0 Å². The van der Waals surface area contributed by atoms with E-state index in [1.165, 1.54) is 6.33 Å². The van der Waals surface area contributed by atoms with Crippen LogP contribution < -0.4 is 15.0 Å². The van der Waals surface area contributed by atoms with Crippen molar-refractivity contribution in [3.05, 3.63) is 72.7 Å². The summed E-state index contributed by atoms with van der Waals surface area (Å²) in [5.74, 6) is 1.70. The topological polar surface area (TPSA) is 114 Å². The zero-order valence-electron chi connectivity index (χ0n) is 22.7. The molecular weight excluding hydrogens is 510 g/mol. The average molecular weight is 544 g/mol. The molecule has 11 nitrogen and oxygen atoms in total. The molecule has 2 aromatic heterocycles. The predicted molar refractivity (Wildman–Crippen MR) is 150 cm³/mol. The van der Waals surface area contributed by atoms with E-state index in [2.05, 4.69) is 25.3 Å². The molecule has 1 aliphatic rings. The fourth-order valence-electron chi connectivity index (χ4n) is 4.90. The zero-order chi connectivity index (χ0) is 27.9. The Labute approximate surface area is 232 Å². The normalized spacial score (nSPS) is 14.4. The van der Waals surface area contributed by atoms with E-state index in [9.17, 15) is 9.59 Å². The molecule has 40 heavy (non-hydrogen) atoms. The SMILES string of the molecule is CCOC(=O)C(Cc1ccccc1)NC(=O)N1CCCN(c2c(-c3ccc(OC)cc3)cnc3ncnn23)CC1. The van der Waals surface area contributed by atoms with Gasteiger partial charge in [0.25, 0.3) is 5.78 Å². The molecule has 3 heterocycles. The van der Waals surface area contributed by atoms with Gasteiger partial charge in [-0.2, -0.15) is 14.6 Å². The number of methoxy groups -OCH3 is 1. The molecule has 1 atom stereocenters. The number of aromatic nitrogens is 4. The Bertz CT molecular complexity index is 1440. The number of esters is 1. The molecule has 1 fully saturated rings. The lowest BCUT2D eigenvalue weighted by atomic mass is 10.1. The van der Waals surface area contributed by atoms with Crippen molar-refractivity contribution in [3.63, 3.8) is 0 Å². The first-order chi connectivity index (χ1) is 19.6. The minimum atomic E-state index is -0.772. The Morgan fingerprint density at radius 1 is 1.00 bits per heavy atom. The van der Waals surface area contributed by atoms with E-state index in [1.807, 2.05) is 60.8 Å². The molecular formula is C29H33N7O4. The third kappa shape index (κ3) is 5.98. The summed E-state index contributed by atoms with van der Waals surface area (Å²) in [7, 11) is 1.64. The molecule has 1 N–H and O–H groups in total. The van der Waals surface area contributed by atoms with Crippen LogP contribution in [-0.4, -0.2) is 82.4 Å². The van der Waals surface area contributed by atoms with Gasteiger partial charge in [-0.15, -0.1) is 0 Å². The van der Waals surface area contributed by atoms with Gasteiger partial charge in [-0.25, -0.2) is 14.6 Å². The van der Waals surface area contributed by atoms with Crippen LogP contribution in [0, 0.1) is 0 Å². The monoisotopic (exact) mass is 543 g/mol. The summed E-state index contributed by atoms with van der Waals surface area (Å²) in [5.41, 5.74) is 2.82. The van der Waals surface area contributed by atoms with Gasteiger partial charge >= 0.3 is 12.0 Å². The van der Waals surface area contributed by atoms with Gasteiger partial charge in [0.15, 0.2) is 0 Å². The predicted octanol–water partition coefficient (Wildman–Crippen LogP) is 3.20. The third-order valence-corrected chi connectivity index (χ3v) is 6.92. The van der Waals surface area contributed by atoms with Crippen molar-refractivity contribution in [1.29, 1.82) is 0 Å². The van der Waals surface area contributed by atoms with Gasteiger partial charge in [0, 0.05) is 44.4 Å². The van der Waals surface area contributed by atoms with Crippen molar-refractivity contribution in [3.8, 4) is 16.9 Å². The maximum atomic E-state index is 13.4. The van der Waals surface area contributed by atoms with Crippen LogP contribution >= 0.6 is 0 Å². The number of nitrogens with one attached hydrogen (secondary N) is 1. The summed E-state index contributed by atoms with van der Waals surface area (Å²) < 4.78 is 12.3. The fraction of sp³-hybridized carbons (Fsp3) is 0.345. The molecule has 0 saturated carbocycles. The van der Waals surface area contributed by atoms with Crippen molar-refractivity contribution < 1.29 is 19.1 Å².